The Morgan fingerprint density at radius 2 is 1.78 bits per heavy atom. The highest BCUT2D eigenvalue weighted by molar-refractivity contribution is 6.30. The number of rotatable bonds is 2. The van der Waals surface area contributed by atoms with Crippen LogP contribution < -0.4 is 5.73 Å². The van der Waals surface area contributed by atoms with E-state index in [4.69, 9.17) is 17.3 Å². The van der Waals surface area contributed by atoms with Crippen molar-refractivity contribution >= 4 is 29.1 Å². The number of halogens is 1. The fraction of sp³-hybridized carbons (Fsp3) is 0.385. The van der Waals surface area contributed by atoms with Gasteiger partial charge in [0, 0.05) is 22.5 Å². The summed E-state index contributed by atoms with van der Waals surface area (Å²) in [6.07, 6.45) is 0. The van der Waals surface area contributed by atoms with Crippen molar-refractivity contribution in [3.05, 3.63) is 28.8 Å². The van der Waals surface area contributed by atoms with Crippen molar-refractivity contribution in [1.29, 1.82) is 0 Å². The minimum absolute atomic E-state index is 0.137. The Bertz CT molecular complexity index is 496. The highest BCUT2D eigenvalue weighted by atomic mass is 35.5. The van der Waals surface area contributed by atoms with Gasteiger partial charge in [0.2, 0.25) is 11.8 Å². The Balaban J connectivity index is 2.24. The monoisotopic (exact) mass is 266 g/mol. The zero-order valence-corrected chi connectivity index (χ0v) is 11.1. The molecule has 2 N–H and O–H groups in total. The summed E-state index contributed by atoms with van der Waals surface area (Å²) in [7, 11) is 0. The van der Waals surface area contributed by atoms with Crippen LogP contribution in [0.5, 0.6) is 0 Å². The van der Waals surface area contributed by atoms with Gasteiger partial charge in [-0.25, -0.2) is 0 Å². The molecular weight excluding hydrogens is 252 g/mol. The number of amides is 2. The molecule has 0 aliphatic carbocycles. The van der Waals surface area contributed by atoms with Crippen LogP contribution in [0, 0.1) is 11.8 Å². The molecule has 5 heteroatoms. The Morgan fingerprint density at radius 1 is 1.22 bits per heavy atom. The fourth-order valence-electron chi connectivity index (χ4n) is 2.06. The summed E-state index contributed by atoms with van der Waals surface area (Å²) < 4.78 is 0. The van der Waals surface area contributed by atoms with Gasteiger partial charge in [-0.2, -0.15) is 0 Å². The third kappa shape index (κ3) is 2.08. The summed E-state index contributed by atoms with van der Waals surface area (Å²) in [5.41, 5.74) is 7.06. The number of hydrogen-bond donors (Lipinski definition) is 1. The molecule has 0 bridgehead atoms. The molecule has 4 nitrogen and oxygen atoms in total. The molecule has 96 valence electrons. The lowest BCUT2D eigenvalue weighted by molar-refractivity contribution is -0.140. The number of nitrogen functional groups attached to an aromatic ring is 1. The zero-order valence-electron chi connectivity index (χ0n) is 10.3. The van der Waals surface area contributed by atoms with Crippen LogP contribution >= 0.6 is 11.6 Å². The first-order valence-electron chi connectivity index (χ1n) is 5.81. The summed E-state index contributed by atoms with van der Waals surface area (Å²) in [5, 5.41) is 0.539. The zero-order chi connectivity index (χ0) is 13.4. The molecule has 0 saturated carbocycles. The summed E-state index contributed by atoms with van der Waals surface area (Å²) in [6, 6.07) is 5.06. The quantitative estimate of drug-likeness (QED) is 0.658. The number of carbonyl (C=O) groups is 2. The van der Waals surface area contributed by atoms with E-state index in [-0.39, 0.29) is 30.2 Å². The van der Waals surface area contributed by atoms with Crippen molar-refractivity contribution in [3.8, 4) is 0 Å². The fourth-order valence-corrected chi connectivity index (χ4v) is 2.24. The molecule has 1 saturated heterocycles. The molecule has 1 heterocycles. The molecular formula is C13H15ClN2O2. The molecule has 18 heavy (non-hydrogen) atoms. The number of hydrogen-bond acceptors (Lipinski definition) is 3. The highest BCUT2D eigenvalue weighted by Crippen LogP contribution is 2.28. The number of nitrogens with two attached hydrogens (primary N) is 1. The second-order valence-corrected chi connectivity index (χ2v) is 5.12. The standard InChI is InChI=1S/C13H15ClN2O2/c1-7-8(2)13(18)16(12(7)17)6-9-3-4-10(14)5-11(9)15/h3-5,7-8H,6,15H2,1-2H3. The van der Waals surface area contributed by atoms with Crippen LogP contribution in [0.3, 0.4) is 0 Å². The minimum Gasteiger partial charge on any atom is -0.398 e. The van der Waals surface area contributed by atoms with Gasteiger partial charge < -0.3 is 5.73 Å². The highest BCUT2D eigenvalue weighted by Gasteiger charge is 2.42. The molecule has 2 atom stereocenters. The lowest BCUT2D eigenvalue weighted by atomic mass is 10.00. The molecule has 0 spiro atoms. The maximum absolute atomic E-state index is 11.9. The molecule has 0 aromatic heterocycles. The molecule has 1 aliphatic heterocycles. The van der Waals surface area contributed by atoms with Gasteiger partial charge in [-0.1, -0.05) is 31.5 Å². The van der Waals surface area contributed by atoms with Gasteiger partial charge >= 0.3 is 0 Å². The van der Waals surface area contributed by atoms with Crippen molar-refractivity contribution in [1.82, 2.24) is 4.90 Å². The normalized spacial score (nSPS) is 23.8. The SMILES string of the molecule is CC1C(=O)N(Cc2ccc(Cl)cc2N)C(=O)C1C. The Morgan fingerprint density at radius 3 is 2.28 bits per heavy atom. The number of nitrogens with zero attached hydrogens (tertiary/aromatic N) is 1. The van der Waals surface area contributed by atoms with Crippen molar-refractivity contribution in [2.45, 2.75) is 20.4 Å². The number of anilines is 1. The van der Waals surface area contributed by atoms with Crippen LogP contribution in [0.25, 0.3) is 0 Å². The van der Waals surface area contributed by atoms with Crippen molar-refractivity contribution < 1.29 is 9.59 Å². The Kier molecular flexibility index (Phi) is 3.30. The summed E-state index contributed by atoms with van der Waals surface area (Å²) in [5.74, 6) is -0.791. The molecule has 0 radical (unpaired) electrons. The molecule has 1 aromatic rings. The van der Waals surface area contributed by atoms with E-state index >= 15 is 0 Å². The topological polar surface area (TPSA) is 63.4 Å². The number of likely N-dealkylation sites (tertiary alicyclic amines) is 1. The van der Waals surface area contributed by atoms with Crippen LogP contribution in [0.2, 0.25) is 5.02 Å². The van der Waals surface area contributed by atoms with Gasteiger partial charge in [-0.15, -0.1) is 0 Å². The third-order valence-corrected chi connectivity index (χ3v) is 3.73. The van der Waals surface area contributed by atoms with E-state index in [0.717, 1.165) is 5.56 Å². The van der Waals surface area contributed by atoms with Crippen LogP contribution in [0.15, 0.2) is 18.2 Å². The van der Waals surface area contributed by atoms with Gasteiger partial charge in [0.05, 0.1) is 6.54 Å². The first-order chi connectivity index (χ1) is 8.41. The van der Waals surface area contributed by atoms with Crippen molar-refractivity contribution in [2.24, 2.45) is 11.8 Å². The van der Waals surface area contributed by atoms with Crippen molar-refractivity contribution in [3.63, 3.8) is 0 Å². The van der Waals surface area contributed by atoms with E-state index in [9.17, 15) is 9.59 Å². The number of imide groups is 1. The van der Waals surface area contributed by atoms with E-state index in [1.54, 1.807) is 32.0 Å². The number of carbonyl (C=O) groups excluding carboxylic acids is 2. The third-order valence-electron chi connectivity index (χ3n) is 3.50. The Labute approximate surface area is 111 Å². The Hall–Kier alpha value is -1.55. The van der Waals surface area contributed by atoms with E-state index < -0.39 is 0 Å². The predicted octanol–water partition coefficient (Wildman–Crippen LogP) is 2.06. The van der Waals surface area contributed by atoms with E-state index in [0.29, 0.717) is 10.7 Å². The minimum atomic E-state index is -0.258. The van der Waals surface area contributed by atoms with Gasteiger partial charge in [0.15, 0.2) is 0 Å². The van der Waals surface area contributed by atoms with Gasteiger partial charge in [-0.3, -0.25) is 14.5 Å². The summed E-state index contributed by atoms with van der Waals surface area (Å²) in [4.78, 5) is 25.2. The van der Waals surface area contributed by atoms with Crippen LogP contribution in [-0.4, -0.2) is 16.7 Å². The first kappa shape index (κ1) is 12.9. The second-order valence-electron chi connectivity index (χ2n) is 4.68. The average molecular weight is 267 g/mol. The molecule has 1 aliphatic rings. The lowest BCUT2D eigenvalue weighted by Crippen LogP contribution is -2.30. The molecule has 2 amide bonds. The summed E-state index contributed by atoms with van der Waals surface area (Å²) >= 11 is 5.81. The van der Waals surface area contributed by atoms with E-state index in [1.807, 2.05) is 0 Å². The smallest absolute Gasteiger partial charge is 0.233 e. The molecule has 2 rings (SSSR count). The number of benzene rings is 1. The molecule has 1 aromatic carbocycles. The van der Waals surface area contributed by atoms with Gasteiger partial charge in [-0.05, 0) is 17.7 Å². The average Bonchev–Trinajstić information content (AvgIpc) is 2.50. The predicted molar refractivity (Wildman–Crippen MR) is 69.7 cm³/mol. The maximum Gasteiger partial charge on any atom is 0.233 e. The van der Waals surface area contributed by atoms with Crippen LogP contribution in [0.1, 0.15) is 19.4 Å². The summed E-state index contributed by atoms with van der Waals surface area (Å²) in [6.45, 7) is 3.77. The van der Waals surface area contributed by atoms with Crippen molar-refractivity contribution in [2.75, 3.05) is 5.73 Å². The van der Waals surface area contributed by atoms with E-state index in [1.165, 1.54) is 4.90 Å². The second kappa shape index (κ2) is 4.61. The largest absolute Gasteiger partial charge is 0.398 e. The van der Waals surface area contributed by atoms with Crippen LogP contribution in [0.4, 0.5) is 5.69 Å². The maximum atomic E-state index is 11.9. The first-order valence-corrected chi connectivity index (χ1v) is 6.18. The molecule has 2 unspecified atom stereocenters. The van der Waals surface area contributed by atoms with Crippen LogP contribution in [-0.2, 0) is 16.1 Å². The lowest BCUT2D eigenvalue weighted by Gasteiger charge is -2.16. The van der Waals surface area contributed by atoms with E-state index in [2.05, 4.69) is 0 Å². The molecule has 1 fully saturated rings. The van der Waals surface area contributed by atoms with Gasteiger partial charge in [0.1, 0.15) is 0 Å². The van der Waals surface area contributed by atoms with Gasteiger partial charge in [0.25, 0.3) is 0 Å².